The average Bonchev–Trinajstić information content (AvgIpc) is 3.83. The average molecular weight is 857 g/mol. The second kappa shape index (κ2) is 20.0. The number of fused-ring (bicyclic) bond motifs is 4. The lowest BCUT2D eigenvalue weighted by molar-refractivity contribution is -0.135. The smallest absolute Gasteiger partial charge is 0.254 e. The van der Waals surface area contributed by atoms with Gasteiger partial charge in [-0.2, -0.15) is 0 Å². The molecular formula is C44H56N8O10. The van der Waals surface area contributed by atoms with Crippen molar-refractivity contribution in [2.24, 2.45) is 13.0 Å². The third-order valence-electron chi connectivity index (χ3n) is 11.0. The summed E-state index contributed by atoms with van der Waals surface area (Å²) in [5.41, 5.74) is 2.37. The molecule has 0 saturated carbocycles. The quantitative estimate of drug-likeness (QED) is 0.164. The van der Waals surface area contributed by atoms with Crippen molar-refractivity contribution in [1.29, 1.82) is 0 Å². The number of carbonyl (C=O) groups is 5. The molecule has 3 heterocycles. The van der Waals surface area contributed by atoms with E-state index in [1.165, 1.54) is 26.0 Å². The number of aliphatic hydroxyl groups is 2. The van der Waals surface area contributed by atoms with E-state index in [-0.39, 0.29) is 36.9 Å². The normalized spacial score (nSPS) is 20.4. The van der Waals surface area contributed by atoms with E-state index in [1.807, 2.05) is 16.5 Å². The molecule has 18 nitrogen and oxygen atoms in total. The van der Waals surface area contributed by atoms with Crippen molar-refractivity contribution in [2.75, 3.05) is 51.8 Å². The summed E-state index contributed by atoms with van der Waals surface area (Å²) in [7, 11) is 4.81. The van der Waals surface area contributed by atoms with E-state index in [9.17, 15) is 34.2 Å². The fourth-order valence-electron chi connectivity index (χ4n) is 7.58. The van der Waals surface area contributed by atoms with Gasteiger partial charge in [-0.15, -0.1) is 0 Å². The second-order valence-corrected chi connectivity index (χ2v) is 15.9. The Morgan fingerprint density at radius 1 is 0.887 bits per heavy atom. The third kappa shape index (κ3) is 10.4. The SMILES string of the molecule is COc1ccc2cc1Oc1cccc(OC)c1CNC(=O)[C@@H](C(C)C)NC(=O)[C@H]([C@@H](C)O)NC(=O)CN(C(=O)c1ccc3c(c1)nc(N1CC[C@H](O)C1)n3C)CCCCNC2=O. The number of aliphatic hydroxyl groups excluding tert-OH is 2. The summed E-state index contributed by atoms with van der Waals surface area (Å²) in [5.74, 6) is -1.39. The molecule has 6 rings (SSSR count). The van der Waals surface area contributed by atoms with Gasteiger partial charge in [0.2, 0.25) is 23.7 Å². The summed E-state index contributed by atoms with van der Waals surface area (Å²) in [6.07, 6.45) is -0.383. The topological polar surface area (TPSA) is 226 Å². The maximum atomic E-state index is 14.2. The number of imidazole rings is 1. The zero-order valence-corrected chi connectivity index (χ0v) is 35.9. The number of aryl methyl sites for hydroxylation is 1. The van der Waals surface area contributed by atoms with Crippen molar-refractivity contribution in [3.05, 3.63) is 71.3 Å². The lowest BCUT2D eigenvalue weighted by atomic mass is 10.0. The number of carbonyl (C=O) groups excluding carboxylic acids is 5. The molecule has 18 heteroatoms. The predicted molar refractivity (Wildman–Crippen MR) is 229 cm³/mol. The number of anilines is 1. The number of rotatable bonds is 6. The number of aromatic nitrogens is 2. The first-order valence-electron chi connectivity index (χ1n) is 20.7. The van der Waals surface area contributed by atoms with Crippen LogP contribution in [-0.2, 0) is 28.0 Å². The molecule has 0 radical (unpaired) electrons. The lowest BCUT2D eigenvalue weighted by Crippen LogP contribution is -2.59. The van der Waals surface area contributed by atoms with Crippen LogP contribution < -0.4 is 40.4 Å². The van der Waals surface area contributed by atoms with E-state index in [4.69, 9.17) is 19.2 Å². The fraction of sp³-hybridized carbons (Fsp3) is 0.455. The van der Waals surface area contributed by atoms with Gasteiger partial charge in [0.05, 0.1) is 56.1 Å². The largest absolute Gasteiger partial charge is 0.496 e. The molecule has 1 saturated heterocycles. The molecule has 4 atom stereocenters. The van der Waals surface area contributed by atoms with Crippen LogP contribution in [0, 0.1) is 5.92 Å². The van der Waals surface area contributed by atoms with E-state index in [1.54, 1.807) is 68.4 Å². The highest BCUT2D eigenvalue weighted by molar-refractivity contribution is 6.00. The van der Waals surface area contributed by atoms with Gasteiger partial charge in [0.15, 0.2) is 11.5 Å². The number of hydrogen-bond donors (Lipinski definition) is 6. The predicted octanol–water partition coefficient (Wildman–Crippen LogP) is 2.24. The molecule has 2 aliphatic heterocycles. The highest BCUT2D eigenvalue weighted by Crippen LogP contribution is 2.37. The summed E-state index contributed by atoms with van der Waals surface area (Å²) >= 11 is 0. The van der Waals surface area contributed by atoms with Crippen LogP contribution in [-0.4, -0.2) is 125 Å². The van der Waals surface area contributed by atoms with Crippen molar-refractivity contribution in [2.45, 2.75) is 70.9 Å². The van der Waals surface area contributed by atoms with Gasteiger partial charge in [-0.3, -0.25) is 24.0 Å². The van der Waals surface area contributed by atoms with Gasteiger partial charge in [0.25, 0.3) is 11.8 Å². The summed E-state index contributed by atoms with van der Waals surface area (Å²) in [6, 6.07) is 12.4. The second-order valence-electron chi connectivity index (χ2n) is 15.9. The summed E-state index contributed by atoms with van der Waals surface area (Å²) in [5, 5.41) is 31.9. The van der Waals surface area contributed by atoms with Gasteiger partial charge in [0, 0.05) is 44.4 Å². The minimum Gasteiger partial charge on any atom is -0.496 e. The van der Waals surface area contributed by atoms with E-state index in [2.05, 4.69) is 21.3 Å². The van der Waals surface area contributed by atoms with Gasteiger partial charge >= 0.3 is 0 Å². The first kappa shape index (κ1) is 45.1. The summed E-state index contributed by atoms with van der Waals surface area (Å²) in [4.78, 5) is 77.0. The molecule has 0 spiro atoms. The Bertz CT molecular complexity index is 2290. The van der Waals surface area contributed by atoms with Crippen molar-refractivity contribution in [3.63, 3.8) is 0 Å². The van der Waals surface area contributed by atoms with Crippen LogP contribution in [0.15, 0.2) is 54.6 Å². The van der Waals surface area contributed by atoms with Crippen molar-refractivity contribution in [3.8, 4) is 23.0 Å². The Labute approximate surface area is 359 Å². The minimum absolute atomic E-state index is 0.0861. The monoisotopic (exact) mass is 856 g/mol. The highest BCUT2D eigenvalue weighted by Gasteiger charge is 2.33. The number of methoxy groups -OCH3 is 2. The summed E-state index contributed by atoms with van der Waals surface area (Å²) < 4.78 is 19.4. The van der Waals surface area contributed by atoms with Crippen LogP contribution >= 0.6 is 0 Å². The third-order valence-corrected chi connectivity index (χ3v) is 11.0. The minimum atomic E-state index is -1.48. The summed E-state index contributed by atoms with van der Waals surface area (Å²) in [6.45, 7) is 5.69. The van der Waals surface area contributed by atoms with Crippen LogP contribution in [0.3, 0.4) is 0 Å². The molecule has 0 aliphatic carbocycles. The molecule has 5 amide bonds. The number of ether oxygens (including phenoxy) is 3. The molecule has 0 unspecified atom stereocenters. The lowest BCUT2D eigenvalue weighted by Gasteiger charge is -2.28. The van der Waals surface area contributed by atoms with E-state index >= 15 is 0 Å². The molecule has 1 fully saturated rings. The fourth-order valence-corrected chi connectivity index (χ4v) is 7.58. The first-order chi connectivity index (χ1) is 29.7. The number of benzene rings is 3. The van der Waals surface area contributed by atoms with Crippen LogP contribution in [0.5, 0.6) is 23.0 Å². The molecule has 6 N–H and O–H groups in total. The van der Waals surface area contributed by atoms with Crippen LogP contribution in [0.2, 0.25) is 0 Å². The zero-order chi connectivity index (χ0) is 44.7. The Kier molecular flexibility index (Phi) is 14.5. The zero-order valence-electron chi connectivity index (χ0n) is 35.9. The maximum Gasteiger partial charge on any atom is 0.254 e. The van der Waals surface area contributed by atoms with Gasteiger partial charge in [-0.25, -0.2) is 4.98 Å². The van der Waals surface area contributed by atoms with Gasteiger partial charge in [-0.1, -0.05) is 19.9 Å². The van der Waals surface area contributed by atoms with Crippen LogP contribution in [0.25, 0.3) is 11.0 Å². The van der Waals surface area contributed by atoms with Gasteiger partial charge in [-0.05, 0) is 80.6 Å². The van der Waals surface area contributed by atoms with E-state index in [0.29, 0.717) is 72.2 Å². The standard InChI is InChI=1S/C44H56N8O10/c1-25(2)38-41(57)46-22-30-33(60-5)10-9-11-34(30)62-36-21-27(13-15-35(36)61-6)40(56)45-17-7-8-18-51(24-37(55)48-39(26(3)53)42(58)49-38)43(59)28-12-14-32-31(20-28)47-44(50(32)4)52-19-16-29(54)23-52/h9-15,20-21,25-26,29,38-39,53-54H,7-8,16-19,22-24H2,1-6H3,(H,45,56)(H,46,57)(H,48,55)(H,49,58)/t26-,29+,38-,39+/m1/s1. The van der Waals surface area contributed by atoms with Crippen LogP contribution in [0.1, 0.15) is 66.3 Å². The molecular weight excluding hydrogens is 801 g/mol. The molecule has 3 aromatic carbocycles. The molecule has 4 aromatic rings. The number of hydrogen-bond acceptors (Lipinski definition) is 12. The Morgan fingerprint density at radius 3 is 2.35 bits per heavy atom. The molecule has 1 aromatic heterocycles. The Hall–Kier alpha value is -6.40. The number of β-amino-alcohol motifs (C(OH)–C–C–N with tert-alkyl or cyclic N) is 1. The molecule has 2 aliphatic rings. The highest BCUT2D eigenvalue weighted by atomic mass is 16.5. The molecule has 2 bridgehead atoms. The molecule has 332 valence electrons. The van der Waals surface area contributed by atoms with Crippen molar-refractivity contribution >= 4 is 46.5 Å². The first-order valence-corrected chi connectivity index (χ1v) is 20.7. The maximum absolute atomic E-state index is 14.2. The van der Waals surface area contributed by atoms with Gasteiger partial charge < -0.3 is 60.1 Å². The number of nitrogens with one attached hydrogen (secondary N) is 4. The Balaban J connectivity index is 1.29. The van der Waals surface area contributed by atoms with Crippen molar-refractivity contribution < 1.29 is 48.4 Å². The van der Waals surface area contributed by atoms with Crippen LogP contribution in [0.4, 0.5) is 5.95 Å². The Morgan fingerprint density at radius 2 is 1.66 bits per heavy atom. The van der Waals surface area contributed by atoms with Gasteiger partial charge in [0.1, 0.15) is 23.6 Å². The van der Waals surface area contributed by atoms with E-state index in [0.717, 1.165) is 5.52 Å². The molecule has 62 heavy (non-hydrogen) atoms. The van der Waals surface area contributed by atoms with E-state index < -0.39 is 60.4 Å². The van der Waals surface area contributed by atoms with Crippen molar-refractivity contribution in [1.82, 2.24) is 35.7 Å². The number of nitrogens with zero attached hydrogens (tertiary/aromatic N) is 4. The number of amides is 5.